The Kier molecular flexibility index (Phi) is 4.99. The summed E-state index contributed by atoms with van der Waals surface area (Å²) in [6, 6.07) is 5.65. The van der Waals surface area contributed by atoms with Crippen molar-refractivity contribution in [3.63, 3.8) is 0 Å². The molecule has 0 amide bonds. The highest BCUT2D eigenvalue weighted by Gasteiger charge is 2.27. The summed E-state index contributed by atoms with van der Waals surface area (Å²) in [5.74, 6) is 0.522. The van der Waals surface area contributed by atoms with Gasteiger partial charge in [-0.3, -0.25) is 0 Å². The van der Waals surface area contributed by atoms with E-state index in [2.05, 4.69) is 21.2 Å². The molecular formula is C15H20BrNO2. The zero-order chi connectivity index (χ0) is 13.8. The number of nitrogens with one attached hydrogen (secondary N) is 1. The lowest BCUT2D eigenvalue weighted by Gasteiger charge is -2.19. The first-order valence-electron chi connectivity index (χ1n) is 6.78. The molecule has 2 rings (SSSR count). The Morgan fingerprint density at radius 2 is 2.26 bits per heavy atom. The maximum atomic E-state index is 12.1. The van der Waals surface area contributed by atoms with Crippen molar-refractivity contribution in [1.29, 1.82) is 0 Å². The minimum absolute atomic E-state index is 0.201. The summed E-state index contributed by atoms with van der Waals surface area (Å²) in [5, 5.41) is 3.34. The standard InChI is InChI=1S/C15H20BrNO2/c1-3-19-15(18)14(17-9-11-5-6-11)12-7-4-10(2)8-13(12)16/h4,7-8,11,14,17H,3,5-6,9H2,1-2H3. The van der Waals surface area contributed by atoms with Crippen molar-refractivity contribution in [2.45, 2.75) is 32.7 Å². The van der Waals surface area contributed by atoms with E-state index in [-0.39, 0.29) is 12.0 Å². The highest BCUT2D eigenvalue weighted by Crippen LogP contribution is 2.30. The fourth-order valence-electron chi connectivity index (χ4n) is 2.02. The van der Waals surface area contributed by atoms with Gasteiger partial charge in [0, 0.05) is 4.47 Å². The molecule has 1 aliphatic carbocycles. The van der Waals surface area contributed by atoms with E-state index in [0.717, 1.165) is 22.5 Å². The first-order valence-corrected chi connectivity index (χ1v) is 7.57. The Hall–Kier alpha value is -0.870. The van der Waals surface area contributed by atoms with Crippen LogP contribution < -0.4 is 5.32 Å². The van der Waals surface area contributed by atoms with Gasteiger partial charge >= 0.3 is 5.97 Å². The van der Waals surface area contributed by atoms with Crippen LogP contribution in [0, 0.1) is 12.8 Å². The molecule has 1 fully saturated rings. The van der Waals surface area contributed by atoms with E-state index < -0.39 is 0 Å². The summed E-state index contributed by atoms with van der Waals surface area (Å²) in [7, 11) is 0. The summed E-state index contributed by atoms with van der Waals surface area (Å²) in [6.45, 7) is 5.15. The van der Waals surface area contributed by atoms with Crippen LogP contribution in [0.4, 0.5) is 0 Å². The normalized spacial score (nSPS) is 16.2. The number of hydrogen-bond acceptors (Lipinski definition) is 3. The number of hydrogen-bond donors (Lipinski definition) is 1. The van der Waals surface area contributed by atoms with Crippen LogP contribution in [0.3, 0.4) is 0 Å². The van der Waals surface area contributed by atoms with Gasteiger partial charge in [-0.25, -0.2) is 4.79 Å². The largest absolute Gasteiger partial charge is 0.465 e. The second-order valence-electron chi connectivity index (χ2n) is 5.06. The van der Waals surface area contributed by atoms with Gasteiger partial charge in [0.2, 0.25) is 0 Å². The van der Waals surface area contributed by atoms with Gasteiger partial charge in [0.25, 0.3) is 0 Å². The lowest BCUT2D eigenvalue weighted by atomic mass is 10.0. The molecule has 1 aromatic carbocycles. The topological polar surface area (TPSA) is 38.3 Å². The van der Waals surface area contributed by atoms with Crippen LogP contribution in [0.1, 0.15) is 36.9 Å². The average molecular weight is 326 g/mol. The van der Waals surface area contributed by atoms with Crippen LogP contribution in [0.2, 0.25) is 0 Å². The Bertz CT molecular complexity index is 457. The minimum atomic E-state index is -0.379. The van der Waals surface area contributed by atoms with Gasteiger partial charge in [-0.1, -0.05) is 28.1 Å². The van der Waals surface area contributed by atoms with Crippen LogP contribution in [0.25, 0.3) is 0 Å². The second-order valence-corrected chi connectivity index (χ2v) is 5.92. The molecule has 0 saturated heterocycles. The molecule has 0 spiro atoms. The summed E-state index contributed by atoms with van der Waals surface area (Å²) in [4.78, 5) is 12.1. The van der Waals surface area contributed by atoms with Crippen LogP contribution in [0.5, 0.6) is 0 Å². The van der Waals surface area contributed by atoms with Crippen molar-refractivity contribution >= 4 is 21.9 Å². The first-order chi connectivity index (χ1) is 9.11. The van der Waals surface area contributed by atoms with Gasteiger partial charge in [0.15, 0.2) is 0 Å². The van der Waals surface area contributed by atoms with Gasteiger partial charge in [-0.05, 0) is 56.3 Å². The third kappa shape index (κ3) is 4.05. The van der Waals surface area contributed by atoms with E-state index in [9.17, 15) is 4.79 Å². The Balaban J connectivity index is 2.15. The number of benzene rings is 1. The molecule has 3 nitrogen and oxygen atoms in total. The van der Waals surface area contributed by atoms with Crippen molar-refractivity contribution < 1.29 is 9.53 Å². The fourth-order valence-corrected chi connectivity index (χ4v) is 2.74. The van der Waals surface area contributed by atoms with E-state index in [1.807, 2.05) is 32.0 Å². The Labute approximate surface area is 122 Å². The third-order valence-corrected chi connectivity index (χ3v) is 3.98. The smallest absolute Gasteiger partial charge is 0.327 e. The molecule has 1 N–H and O–H groups in total. The molecule has 1 saturated carbocycles. The summed E-state index contributed by atoms with van der Waals surface area (Å²) in [5.41, 5.74) is 2.12. The van der Waals surface area contributed by atoms with Gasteiger partial charge in [-0.15, -0.1) is 0 Å². The average Bonchev–Trinajstić information content (AvgIpc) is 3.16. The van der Waals surface area contributed by atoms with E-state index in [1.54, 1.807) is 0 Å². The molecule has 0 heterocycles. The molecule has 0 radical (unpaired) electrons. The highest BCUT2D eigenvalue weighted by molar-refractivity contribution is 9.10. The lowest BCUT2D eigenvalue weighted by molar-refractivity contribution is -0.145. The predicted molar refractivity (Wildman–Crippen MR) is 79.0 cm³/mol. The molecule has 104 valence electrons. The molecule has 0 aliphatic heterocycles. The number of carbonyl (C=O) groups is 1. The molecule has 0 bridgehead atoms. The van der Waals surface area contributed by atoms with Crippen molar-refractivity contribution in [2.75, 3.05) is 13.2 Å². The van der Waals surface area contributed by atoms with Crippen LogP contribution >= 0.6 is 15.9 Å². The summed E-state index contributed by atoms with van der Waals surface area (Å²) in [6.07, 6.45) is 2.52. The Morgan fingerprint density at radius 1 is 1.53 bits per heavy atom. The fraction of sp³-hybridized carbons (Fsp3) is 0.533. The van der Waals surface area contributed by atoms with Gasteiger partial charge in [0.1, 0.15) is 6.04 Å². The quantitative estimate of drug-likeness (QED) is 0.815. The Morgan fingerprint density at radius 3 is 2.84 bits per heavy atom. The molecule has 4 heteroatoms. The number of esters is 1. The summed E-state index contributed by atoms with van der Waals surface area (Å²) < 4.78 is 6.13. The van der Waals surface area contributed by atoms with Gasteiger partial charge in [-0.2, -0.15) is 0 Å². The van der Waals surface area contributed by atoms with Crippen LogP contribution in [0.15, 0.2) is 22.7 Å². The number of carbonyl (C=O) groups excluding carboxylic acids is 1. The maximum Gasteiger partial charge on any atom is 0.327 e. The van der Waals surface area contributed by atoms with Crippen molar-refractivity contribution in [3.8, 4) is 0 Å². The zero-order valence-electron chi connectivity index (χ0n) is 11.4. The van der Waals surface area contributed by atoms with Crippen LogP contribution in [-0.2, 0) is 9.53 Å². The number of rotatable bonds is 6. The van der Waals surface area contributed by atoms with Crippen molar-refractivity contribution in [2.24, 2.45) is 5.92 Å². The highest BCUT2D eigenvalue weighted by atomic mass is 79.9. The molecule has 19 heavy (non-hydrogen) atoms. The van der Waals surface area contributed by atoms with Gasteiger partial charge in [0.05, 0.1) is 6.61 Å². The van der Waals surface area contributed by atoms with Crippen molar-refractivity contribution in [3.05, 3.63) is 33.8 Å². The molecule has 1 atom stereocenters. The number of ether oxygens (including phenoxy) is 1. The molecule has 0 aromatic heterocycles. The number of aryl methyl sites for hydroxylation is 1. The number of halogens is 1. The zero-order valence-corrected chi connectivity index (χ0v) is 13.0. The maximum absolute atomic E-state index is 12.1. The van der Waals surface area contributed by atoms with E-state index in [4.69, 9.17) is 4.74 Å². The van der Waals surface area contributed by atoms with E-state index in [1.165, 1.54) is 18.4 Å². The monoisotopic (exact) mass is 325 g/mol. The molecule has 1 unspecified atom stereocenters. The van der Waals surface area contributed by atoms with Crippen molar-refractivity contribution in [1.82, 2.24) is 5.32 Å². The molecular weight excluding hydrogens is 306 g/mol. The third-order valence-electron chi connectivity index (χ3n) is 3.30. The van der Waals surface area contributed by atoms with Crippen LogP contribution in [-0.4, -0.2) is 19.1 Å². The van der Waals surface area contributed by atoms with Gasteiger partial charge < -0.3 is 10.1 Å². The second kappa shape index (κ2) is 6.53. The van der Waals surface area contributed by atoms with E-state index >= 15 is 0 Å². The SMILES string of the molecule is CCOC(=O)C(NCC1CC1)c1ccc(C)cc1Br. The van der Waals surface area contributed by atoms with E-state index in [0.29, 0.717) is 6.61 Å². The predicted octanol–water partition coefficient (Wildman–Crippen LogP) is 3.36. The minimum Gasteiger partial charge on any atom is -0.465 e. The first kappa shape index (κ1) is 14.5. The lowest BCUT2D eigenvalue weighted by Crippen LogP contribution is -2.32. The summed E-state index contributed by atoms with van der Waals surface area (Å²) >= 11 is 3.54. The molecule has 1 aliphatic rings. The molecule has 1 aromatic rings.